The summed E-state index contributed by atoms with van der Waals surface area (Å²) in [6.07, 6.45) is -7.57. The van der Waals surface area contributed by atoms with Gasteiger partial charge in [-0.15, -0.1) is 0 Å². The highest BCUT2D eigenvalue weighted by Gasteiger charge is 2.33. The molecule has 0 spiro atoms. The SMILES string of the molecule is FC(F)(F)c1cccc(P(c2cccc(C(F)(F)F)c2)c2ccccc2-c2ccccn2)c1. The van der Waals surface area contributed by atoms with Crippen molar-refractivity contribution in [1.82, 2.24) is 4.98 Å². The molecule has 1 aromatic heterocycles. The lowest BCUT2D eigenvalue weighted by atomic mass is 10.1. The Morgan fingerprint density at radius 3 is 1.64 bits per heavy atom. The van der Waals surface area contributed by atoms with Crippen molar-refractivity contribution in [3.63, 3.8) is 0 Å². The van der Waals surface area contributed by atoms with Crippen LogP contribution in [0.5, 0.6) is 0 Å². The van der Waals surface area contributed by atoms with Gasteiger partial charge in [0.2, 0.25) is 0 Å². The van der Waals surface area contributed by atoms with Crippen LogP contribution in [-0.2, 0) is 12.4 Å². The molecule has 1 heterocycles. The Morgan fingerprint density at radius 1 is 0.576 bits per heavy atom. The van der Waals surface area contributed by atoms with Gasteiger partial charge in [0.05, 0.1) is 16.8 Å². The average Bonchev–Trinajstić information content (AvgIpc) is 2.80. The summed E-state index contributed by atoms with van der Waals surface area (Å²) in [6.45, 7) is 0. The number of benzene rings is 3. The summed E-state index contributed by atoms with van der Waals surface area (Å²) in [7, 11) is -1.76. The molecule has 0 aliphatic carbocycles. The van der Waals surface area contributed by atoms with Crippen molar-refractivity contribution in [2.45, 2.75) is 12.4 Å². The maximum Gasteiger partial charge on any atom is 0.416 e. The molecule has 0 radical (unpaired) electrons. The number of hydrogen-bond donors (Lipinski definition) is 0. The van der Waals surface area contributed by atoms with E-state index in [0.29, 0.717) is 27.2 Å². The number of nitrogens with zero attached hydrogens (tertiary/aromatic N) is 1. The molecule has 4 aromatic rings. The molecule has 0 N–H and O–H groups in total. The normalized spacial score (nSPS) is 12.2. The number of pyridine rings is 1. The van der Waals surface area contributed by atoms with E-state index in [2.05, 4.69) is 4.98 Å². The summed E-state index contributed by atoms with van der Waals surface area (Å²) in [6, 6.07) is 21.8. The molecule has 0 unspecified atom stereocenters. The van der Waals surface area contributed by atoms with Gasteiger partial charge in [0, 0.05) is 11.8 Å². The molecular formula is C25H16F6NP. The lowest BCUT2D eigenvalue weighted by molar-refractivity contribution is -0.138. The average molecular weight is 475 g/mol. The predicted molar refractivity (Wildman–Crippen MR) is 118 cm³/mol. The molecule has 0 saturated carbocycles. The summed E-state index contributed by atoms with van der Waals surface area (Å²) < 4.78 is 80.7. The van der Waals surface area contributed by atoms with Crippen molar-refractivity contribution < 1.29 is 26.3 Å². The van der Waals surface area contributed by atoms with Gasteiger partial charge in [0.25, 0.3) is 0 Å². The largest absolute Gasteiger partial charge is 0.416 e. The fourth-order valence-corrected chi connectivity index (χ4v) is 6.00. The first-order valence-electron chi connectivity index (χ1n) is 9.80. The van der Waals surface area contributed by atoms with Gasteiger partial charge in [-0.05, 0) is 60.2 Å². The van der Waals surface area contributed by atoms with E-state index < -0.39 is 31.4 Å². The van der Waals surface area contributed by atoms with E-state index in [1.54, 1.807) is 48.7 Å². The van der Waals surface area contributed by atoms with Gasteiger partial charge in [-0.3, -0.25) is 4.98 Å². The molecule has 3 aromatic carbocycles. The predicted octanol–water partition coefficient (Wildman–Crippen LogP) is 6.54. The highest BCUT2D eigenvalue weighted by atomic mass is 31.1. The molecule has 0 aliphatic heterocycles. The zero-order valence-electron chi connectivity index (χ0n) is 16.9. The third-order valence-electron chi connectivity index (χ3n) is 4.95. The number of aromatic nitrogens is 1. The Hall–Kier alpha value is -3.18. The zero-order chi connectivity index (χ0) is 23.6. The zero-order valence-corrected chi connectivity index (χ0v) is 17.8. The third-order valence-corrected chi connectivity index (χ3v) is 7.41. The van der Waals surface area contributed by atoms with Crippen LogP contribution in [0, 0.1) is 0 Å². The quantitative estimate of drug-likeness (QED) is 0.241. The first-order valence-corrected chi connectivity index (χ1v) is 11.1. The van der Waals surface area contributed by atoms with Crippen LogP contribution in [0.3, 0.4) is 0 Å². The maximum absolute atomic E-state index is 13.4. The van der Waals surface area contributed by atoms with Crippen LogP contribution in [0.25, 0.3) is 11.3 Å². The lowest BCUT2D eigenvalue weighted by Crippen LogP contribution is -2.24. The summed E-state index contributed by atoms with van der Waals surface area (Å²) in [5.74, 6) is 0. The van der Waals surface area contributed by atoms with Gasteiger partial charge in [-0.1, -0.05) is 54.6 Å². The van der Waals surface area contributed by atoms with Crippen LogP contribution in [-0.4, -0.2) is 4.98 Å². The molecule has 0 atom stereocenters. The van der Waals surface area contributed by atoms with E-state index in [-0.39, 0.29) is 0 Å². The number of alkyl halides is 6. The summed E-state index contributed by atoms with van der Waals surface area (Å²) in [4.78, 5) is 4.34. The van der Waals surface area contributed by atoms with Crippen molar-refractivity contribution in [2.24, 2.45) is 0 Å². The smallest absolute Gasteiger partial charge is 0.256 e. The second-order valence-corrected chi connectivity index (χ2v) is 9.35. The second-order valence-electron chi connectivity index (χ2n) is 7.16. The first-order chi connectivity index (χ1) is 15.6. The van der Waals surface area contributed by atoms with Crippen molar-refractivity contribution in [2.75, 3.05) is 0 Å². The summed E-state index contributed by atoms with van der Waals surface area (Å²) >= 11 is 0. The minimum atomic E-state index is -4.58. The standard InChI is InChI=1S/C25H16F6NP/c26-24(27,28)17-7-5-9-19(15-17)33(20-10-6-8-18(16-20)25(29,30)31)23-13-2-1-11-21(23)22-12-3-4-14-32-22/h1-16H. The molecule has 4 rings (SSSR count). The van der Waals surface area contributed by atoms with Crippen LogP contribution < -0.4 is 15.9 Å². The summed E-state index contributed by atoms with van der Waals surface area (Å²) in [5.41, 5.74) is -0.469. The Balaban J connectivity index is 1.97. The molecule has 1 nitrogen and oxygen atoms in total. The van der Waals surface area contributed by atoms with E-state index >= 15 is 0 Å². The highest BCUT2D eigenvalue weighted by Crippen LogP contribution is 2.40. The fraction of sp³-hybridized carbons (Fsp3) is 0.0800. The Bertz CT molecular complexity index is 1190. The van der Waals surface area contributed by atoms with E-state index in [1.807, 2.05) is 0 Å². The Morgan fingerprint density at radius 2 is 1.12 bits per heavy atom. The number of hydrogen-bond acceptors (Lipinski definition) is 1. The van der Waals surface area contributed by atoms with Gasteiger partial charge in [0.1, 0.15) is 0 Å². The van der Waals surface area contributed by atoms with Crippen LogP contribution in [0.4, 0.5) is 26.3 Å². The van der Waals surface area contributed by atoms with Crippen LogP contribution in [0.2, 0.25) is 0 Å². The monoisotopic (exact) mass is 475 g/mol. The van der Waals surface area contributed by atoms with Gasteiger partial charge >= 0.3 is 12.4 Å². The van der Waals surface area contributed by atoms with Gasteiger partial charge in [0.15, 0.2) is 0 Å². The Kier molecular flexibility index (Phi) is 6.26. The molecule has 0 aliphatic rings. The van der Waals surface area contributed by atoms with Gasteiger partial charge < -0.3 is 0 Å². The molecule has 0 saturated heterocycles. The van der Waals surface area contributed by atoms with Crippen molar-refractivity contribution in [3.05, 3.63) is 108 Å². The van der Waals surface area contributed by atoms with Crippen LogP contribution in [0.1, 0.15) is 11.1 Å². The molecule has 8 heteroatoms. The van der Waals surface area contributed by atoms with E-state index in [1.165, 1.54) is 24.3 Å². The van der Waals surface area contributed by atoms with E-state index in [4.69, 9.17) is 0 Å². The molecule has 33 heavy (non-hydrogen) atoms. The fourth-order valence-electron chi connectivity index (χ4n) is 3.48. The molecule has 168 valence electrons. The Labute approximate surface area is 187 Å². The van der Waals surface area contributed by atoms with Crippen molar-refractivity contribution in [1.29, 1.82) is 0 Å². The molecular weight excluding hydrogens is 459 g/mol. The topological polar surface area (TPSA) is 12.9 Å². The van der Waals surface area contributed by atoms with Crippen LogP contribution >= 0.6 is 7.92 Å². The maximum atomic E-state index is 13.4. The summed E-state index contributed by atoms with van der Waals surface area (Å²) in [5, 5.41) is 1.20. The molecule has 0 fully saturated rings. The first kappa shape index (κ1) is 23.0. The third kappa shape index (κ3) is 5.09. The highest BCUT2D eigenvalue weighted by molar-refractivity contribution is 7.80. The molecule has 0 bridgehead atoms. The lowest BCUT2D eigenvalue weighted by Gasteiger charge is -2.24. The number of rotatable bonds is 4. The van der Waals surface area contributed by atoms with Crippen LogP contribution in [0.15, 0.2) is 97.2 Å². The van der Waals surface area contributed by atoms with E-state index in [0.717, 1.165) is 24.3 Å². The van der Waals surface area contributed by atoms with Crippen molar-refractivity contribution in [3.8, 4) is 11.3 Å². The second kappa shape index (κ2) is 8.99. The minimum absolute atomic E-state index is 0.294. The van der Waals surface area contributed by atoms with Gasteiger partial charge in [-0.25, -0.2) is 0 Å². The van der Waals surface area contributed by atoms with E-state index in [9.17, 15) is 26.3 Å². The van der Waals surface area contributed by atoms with Crippen molar-refractivity contribution >= 4 is 23.8 Å². The minimum Gasteiger partial charge on any atom is -0.256 e. The van der Waals surface area contributed by atoms with Gasteiger partial charge in [-0.2, -0.15) is 26.3 Å². The molecule has 0 amide bonds. The number of halogens is 6.